The van der Waals surface area contributed by atoms with Gasteiger partial charge < -0.3 is 30.5 Å². The molecule has 0 bridgehead atoms. The average Bonchev–Trinajstić information content (AvgIpc) is 2.95. The number of para-hydroxylation sites is 1. The maximum Gasteiger partial charge on any atom is 0.407 e. The summed E-state index contributed by atoms with van der Waals surface area (Å²) in [6.45, 7) is 16.7. The van der Waals surface area contributed by atoms with E-state index in [0.29, 0.717) is 43.9 Å². The highest BCUT2D eigenvalue weighted by molar-refractivity contribution is 5.96. The molecule has 0 saturated heterocycles. The zero-order valence-electron chi connectivity index (χ0n) is 28.5. The van der Waals surface area contributed by atoms with Crippen molar-refractivity contribution in [3.63, 3.8) is 0 Å². The van der Waals surface area contributed by atoms with Crippen LogP contribution >= 0.6 is 0 Å². The lowest BCUT2D eigenvalue weighted by atomic mass is 9.82. The number of carbonyl (C=O) groups is 3. The van der Waals surface area contributed by atoms with E-state index < -0.39 is 29.8 Å². The van der Waals surface area contributed by atoms with Crippen molar-refractivity contribution in [3.05, 3.63) is 40.3 Å². The summed E-state index contributed by atoms with van der Waals surface area (Å²) in [6.07, 6.45) is 1.17. The van der Waals surface area contributed by atoms with E-state index >= 15 is 0 Å². The van der Waals surface area contributed by atoms with Gasteiger partial charge in [0.1, 0.15) is 11.4 Å². The van der Waals surface area contributed by atoms with Gasteiger partial charge in [0.25, 0.3) is 5.91 Å². The zero-order valence-corrected chi connectivity index (χ0v) is 28.5. The number of nitrogens with zero attached hydrogens (tertiary/aromatic N) is 3. The number of hydrogen-bond donors (Lipinski definition) is 4. The molecule has 0 aliphatic heterocycles. The fourth-order valence-corrected chi connectivity index (χ4v) is 4.78. The number of rotatable bonds is 20. The Morgan fingerprint density at radius 2 is 1.71 bits per heavy atom. The smallest absolute Gasteiger partial charge is 0.407 e. The first kappa shape index (κ1) is 39.5. The lowest BCUT2D eigenvalue weighted by Gasteiger charge is -2.33. The highest BCUT2D eigenvalue weighted by Gasteiger charge is 2.33. The minimum Gasteiger partial charge on any atom is -0.493 e. The molecule has 0 radical (unpaired) electrons. The number of carbonyl (C=O) groups excluding carboxylic acids is 3. The third-order valence-electron chi connectivity index (χ3n) is 7.51. The van der Waals surface area contributed by atoms with Crippen LogP contribution in [0.2, 0.25) is 0 Å². The second kappa shape index (κ2) is 20.5. The molecular formula is C33H56N6O6. The molecule has 4 atom stereocenters. The second-order valence-electron chi connectivity index (χ2n) is 13.2. The van der Waals surface area contributed by atoms with Gasteiger partial charge in [0, 0.05) is 30.5 Å². The van der Waals surface area contributed by atoms with Crippen molar-refractivity contribution >= 4 is 17.9 Å². The Morgan fingerprint density at radius 1 is 1.02 bits per heavy atom. The maximum absolute atomic E-state index is 13.2. The molecular weight excluding hydrogens is 576 g/mol. The van der Waals surface area contributed by atoms with Crippen molar-refractivity contribution in [1.82, 2.24) is 16.0 Å². The Labute approximate surface area is 269 Å². The fraction of sp³-hybridized carbons (Fsp3) is 0.727. The summed E-state index contributed by atoms with van der Waals surface area (Å²) in [4.78, 5) is 41.8. The first-order chi connectivity index (χ1) is 21.2. The number of unbranched alkanes of at least 4 members (excludes halogenated alkanes) is 1. The number of aliphatic hydroxyl groups is 1. The van der Waals surface area contributed by atoms with Crippen molar-refractivity contribution in [1.29, 1.82) is 0 Å². The molecule has 254 valence electrons. The van der Waals surface area contributed by atoms with E-state index in [-0.39, 0.29) is 42.5 Å². The number of hydrogen-bond acceptors (Lipinski definition) is 7. The van der Waals surface area contributed by atoms with Gasteiger partial charge in [0.15, 0.2) is 0 Å². The van der Waals surface area contributed by atoms with E-state index in [0.717, 1.165) is 12.8 Å². The molecule has 12 heteroatoms. The molecule has 1 rings (SSSR count). The quantitative estimate of drug-likeness (QED) is 0.0594. The van der Waals surface area contributed by atoms with Crippen LogP contribution in [0.4, 0.5) is 4.79 Å². The molecule has 0 aliphatic carbocycles. The predicted molar refractivity (Wildman–Crippen MR) is 176 cm³/mol. The van der Waals surface area contributed by atoms with E-state index in [1.807, 2.05) is 27.7 Å². The summed E-state index contributed by atoms with van der Waals surface area (Å²) >= 11 is 0. The highest BCUT2D eigenvalue weighted by atomic mass is 16.6. The minimum atomic E-state index is -1.03. The lowest BCUT2D eigenvalue weighted by Crippen LogP contribution is -2.49. The summed E-state index contributed by atoms with van der Waals surface area (Å²) in [6, 6.07) is 6.20. The molecule has 1 aromatic rings. The van der Waals surface area contributed by atoms with Crippen LogP contribution in [-0.4, -0.2) is 67.0 Å². The third-order valence-corrected chi connectivity index (χ3v) is 7.51. The Kier molecular flexibility index (Phi) is 18.0. The third kappa shape index (κ3) is 15.9. The molecule has 4 N–H and O–H groups in total. The maximum atomic E-state index is 13.2. The summed E-state index contributed by atoms with van der Waals surface area (Å²) in [5.41, 5.74) is 8.08. The van der Waals surface area contributed by atoms with Crippen molar-refractivity contribution in [3.8, 4) is 5.75 Å². The SMILES string of the molecule is CCCCNC(=O)C(CC(O)C(CC(CNC(=O)c1ccccc1OCCCN=[N+]=[N-])C(C)C)NC(=O)OC(C)(C)C)C(C)C. The second-order valence-corrected chi connectivity index (χ2v) is 13.2. The van der Waals surface area contributed by atoms with Crippen LogP contribution in [0, 0.1) is 23.7 Å². The molecule has 4 unspecified atom stereocenters. The topological polar surface area (TPSA) is 175 Å². The largest absolute Gasteiger partial charge is 0.493 e. The number of nitrogens with one attached hydrogen (secondary N) is 3. The Bertz CT molecular complexity index is 1100. The molecule has 0 aromatic heterocycles. The van der Waals surface area contributed by atoms with Crippen molar-refractivity contribution < 1.29 is 29.0 Å². The molecule has 0 spiro atoms. The van der Waals surface area contributed by atoms with Crippen molar-refractivity contribution in [2.75, 3.05) is 26.2 Å². The summed E-state index contributed by atoms with van der Waals surface area (Å²) < 4.78 is 11.3. The number of alkyl carbamates (subject to hydrolysis) is 1. The van der Waals surface area contributed by atoms with E-state index in [9.17, 15) is 19.5 Å². The fourth-order valence-electron chi connectivity index (χ4n) is 4.78. The van der Waals surface area contributed by atoms with Crippen LogP contribution in [0.1, 0.15) is 97.9 Å². The van der Waals surface area contributed by atoms with Crippen LogP contribution in [0.5, 0.6) is 5.75 Å². The molecule has 45 heavy (non-hydrogen) atoms. The zero-order chi connectivity index (χ0) is 34.0. The number of aliphatic hydroxyl groups excluding tert-OH is 1. The van der Waals surface area contributed by atoms with Gasteiger partial charge in [-0.25, -0.2) is 4.79 Å². The highest BCUT2D eigenvalue weighted by Crippen LogP contribution is 2.25. The van der Waals surface area contributed by atoms with E-state index in [4.69, 9.17) is 15.0 Å². The summed E-state index contributed by atoms with van der Waals surface area (Å²) in [7, 11) is 0. The first-order valence-electron chi connectivity index (χ1n) is 16.2. The molecule has 0 aliphatic rings. The van der Waals surface area contributed by atoms with Gasteiger partial charge in [-0.05, 0) is 81.9 Å². The van der Waals surface area contributed by atoms with Gasteiger partial charge in [0.2, 0.25) is 5.91 Å². The first-order valence-corrected chi connectivity index (χ1v) is 16.2. The van der Waals surface area contributed by atoms with Gasteiger partial charge in [-0.3, -0.25) is 9.59 Å². The molecule has 0 saturated carbocycles. The number of benzene rings is 1. The van der Waals surface area contributed by atoms with Crippen molar-refractivity contribution in [2.45, 2.75) is 105 Å². The van der Waals surface area contributed by atoms with Crippen LogP contribution in [0.25, 0.3) is 10.4 Å². The Hall–Kier alpha value is -3.50. The minimum absolute atomic E-state index is 0.0232. The van der Waals surface area contributed by atoms with Gasteiger partial charge in [-0.1, -0.05) is 58.3 Å². The van der Waals surface area contributed by atoms with Gasteiger partial charge in [-0.15, -0.1) is 0 Å². The van der Waals surface area contributed by atoms with E-state index in [1.54, 1.807) is 45.0 Å². The lowest BCUT2D eigenvalue weighted by molar-refractivity contribution is -0.127. The standard InChI is InChI=1S/C33H56N6O6/c1-9-10-16-35-31(42)26(23(4)5)20-28(40)27(38-32(43)45-33(6,7)8)19-24(22(2)3)21-36-30(41)25-14-11-12-15-29(25)44-18-13-17-37-39-34/h11-12,14-15,22-24,26-28,40H,9-10,13,16-21H2,1-8H3,(H,35,42)(H,36,41)(H,38,43). The normalized spacial score (nSPS) is 14.1. The molecule has 0 fully saturated rings. The molecule has 12 nitrogen and oxygen atoms in total. The Morgan fingerprint density at radius 3 is 2.31 bits per heavy atom. The van der Waals surface area contributed by atoms with Crippen molar-refractivity contribution in [2.24, 2.45) is 28.8 Å². The molecule has 1 aromatic carbocycles. The van der Waals surface area contributed by atoms with Crippen LogP contribution in [0.15, 0.2) is 29.4 Å². The van der Waals surface area contributed by atoms with E-state index in [2.05, 4.69) is 32.9 Å². The van der Waals surface area contributed by atoms with E-state index in [1.165, 1.54) is 0 Å². The number of ether oxygens (including phenoxy) is 2. The average molecular weight is 633 g/mol. The Balaban J connectivity index is 3.09. The monoisotopic (exact) mass is 632 g/mol. The van der Waals surface area contributed by atoms with Gasteiger partial charge in [0.05, 0.1) is 24.3 Å². The van der Waals surface area contributed by atoms with Crippen LogP contribution in [-0.2, 0) is 9.53 Å². The van der Waals surface area contributed by atoms with Gasteiger partial charge >= 0.3 is 6.09 Å². The molecule has 0 heterocycles. The summed E-state index contributed by atoms with van der Waals surface area (Å²) in [5, 5.41) is 23.8. The molecule has 3 amide bonds. The van der Waals surface area contributed by atoms with Crippen LogP contribution in [0.3, 0.4) is 0 Å². The number of amides is 3. The van der Waals surface area contributed by atoms with Gasteiger partial charge in [-0.2, -0.15) is 0 Å². The summed E-state index contributed by atoms with van der Waals surface area (Å²) in [5.74, 6) is -0.506. The predicted octanol–water partition coefficient (Wildman–Crippen LogP) is 5.99. The van der Waals surface area contributed by atoms with Crippen LogP contribution < -0.4 is 20.7 Å². The number of azide groups is 1.